The van der Waals surface area contributed by atoms with Crippen LogP contribution in [0.4, 0.5) is 16.0 Å². The molecule has 0 bridgehead atoms. The number of likely N-dealkylation sites (tertiary alicyclic amines) is 1. The van der Waals surface area contributed by atoms with E-state index in [2.05, 4.69) is 20.4 Å². The number of anilines is 2. The first kappa shape index (κ1) is 18.6. The molecule has 5 rings (SSSR count). The molecule has 28 heavy (non-hydrogen) atoms. The molecule has 0 amide bonds. The summed E-state index contributed by atoms with van der Waals surface area (Å²) in [4.78, 5) is 4.68. The molecule has 0 spiro atoms. The quantitative estimate of drug-likeness (QED) is 0.835. The van der Waals surface area contributed by atoms with Crippen LogP contribution >= 0.6 is 0 Å². The Morgan fingerprint density at radius 1 is 1.04 bits per heavy atom. The fourth-order valence-corrected chi connectivity index (χ4v) is 5.66. The smallest absolute Gasteiger partial charge is 0.151 e. The molecule has 154 valence electrons. The predicted octanol–water partition coefficient (Wildman–Crippen LogP) is 2.57. The van der Waals surface area contributed by atoms with E-state index in [1.165, 1.54) is 45.3 Å². The molecule has 0 unspecified atom stereocenters. The zero-order chi connectivity index (χ0) is 18.9. The Kier molecular flexibility index (Phi) is 5.37. The van der Waals surface area contributed by atoms with E-state index < -0.39 is 6.17 Å². The highest BCUT2D eigenvalue weighted by Gasteiger charge is 2.41. The molecule has 3 aliphatic heterocycles. The average molecular weight is 390 g/mol. The zero-order valence-corrected chi connectivity index (χ0v) is 16.6. The van der Waals surface area contributed by atoms with Gasteiger partial charge in [-0.3, -0.25) is 0 Å². The number of hydrogen-bond donors (Lipinski definition) is 1. The van der Waals surface area contributed by atoms with E-state index in [-0.39, 0.29) is 0 Å². The Bertz CT molecular complexity index is 639. The highest BCUT2D eigenvalue weighted by Crippen LogP contribution is 2.39. The predicted molar refractivity (Wildman–Crippen MR) is 107 cm³/mol. The van der Waals surface area contributed by atoms with Crippen molar-refractivity contribution in [2.45, 2.75) is 44.3 Å². The van der Waals surface area contributed by atoms with Gasteiger partial charge in [0.25, 0.3) is 0 Å². The molecule has 1 saturated carbocycles. The van der Waals surface area contributed by atoms with Crippen molar-refractivity contribution >= 4 is 11.6 Å². The number of alkyl halides is 1. The van der Waals surface area contributed by atoms with Crippen LogP contribution in [0.25, 0.3) is 0 Å². The van der Waals surface area contributed by atoms with E-state index in [4.69, 9.17) is 4.74 Å². The summed E-state index contributed by atoms with van der Waals surface area (Å²) in [5.41, 5.74) is 0. The third-order valence-electron chi connectivity index (χ3n) is 7.14. The van der Waals surface area contributed by atoms with Gasteiger partial charge in [0.15, 0.2) is 5.82 Å². The van der Waals surface area contributed by atoms with Crippen molar-refractivity contribution in [3.63, 3.8) is 0 Å². The second-order valence-electron chi connectivity index (χ2n) is 9.22. The second kappa shape index (κ2) is 8.11. The highest BCUT2D eigenvalue weighted by atomic mass is 19.1. The van der Waals surface area contributed by atoms with Gasteiger partial charge in [0.2, 0.25) is 0 Å². The molecule has 4 heterocycles. The number of nitrogens with zero attached hydrogens (tertiary/aromatic N) is 4. The maximum Gasteiger partial charge on any atom is 0.151 e. The van der Waals surface area contributed by atoms with Crippen molar-refractivity contribution < 1.29 is 9.13 Å². The lowest BCUT2D eigenvalue weighted by Crippen LogP contribution is -2.32. The zero-order valence-electron chi connectivity index (χ0n) is 16.6. The summed E-state index contributed by atoms with van der Waals surface area (Å²) in [6, 6.07) is 4.47. The van der Waals surface area contributed by atoms with Gasteiger partial charge in [-0.05, 0) is 62.0 Å². The van der Waals surface area contributed by atoms with Crippen LogP contribution in [0.2, 0.25) is 0 Å². The van der Waals surface area contributed by atoms with Gasteiger partial charge in [0.05, 0.1) is 6.54 Å². The fourth-order valence-electron chi connectivity index (χ4n) is 5.66. The summed E-state index contributed by atoms with van der Waals surface area (Å²) in [6.07, 6.45) is 4.78. The number of ether oxygens (including phenoxy) is 1. The van der Waals surface area contributed by atoms with Crippen LogP contribution in [0.1, 0.15) is 32.1 Å². The number of aromatic nitrogens is 2. The van der Waals surface area contributed by atoms with Crippen LogP contribution in [0, 0.1) is 17.8 Å². The molecule has 7 heteroatoms. The van der Waals surface area contributed by atoms with Crippen LogP contribution in [0.5, 0.6) is 0 Å². The van der Waals surface area contributed by atoms with Gasteiger partial charge >= 0.3 is 0 Å². The van der Waals surface area contributed by atoms with Crippen LogP contribution in [0.3, 0.4) is 0 Å². The molecule has 1 aromatic heterocycles. The SMILES string of the molecule is F[C@@H]1CCN(c2ccc(N[C@H]3C[C@@H]4CN(CC5CCOCC5)C[C@@H]4C3)nn2)C1. The normalized spacial score (nSPS) is 34.1. The van der Waals surface area contributed by atoms with Crippen LogP contribution < -0.4 is 10.2 Å². The van der Waals surface area contributed by atoms with Crippen molar-refractivity contribution in [2.24, 2.45) is 17.8 Å². The molecule has 4 atom stereocenters. The Balaban J connectivity index is 1.09. The monoisotopic (exact) mass is 389 g/mol. The van der Waals surface area contributed by atoms with Crippen molar-refractivity contribution in [3.05, 3.63) is 12.1 Å². The largest absolute Gasteiger partial charge is 0.381 e. The Hall–Kier alpha value is -1.47. The minimum Gasteiger partial charge on any atom is -0.381 e. The van der Waals surface area contributed by atoms with Crippen molar-refractivity contribution in [3.8, 4) is 0 Å². The Morgan fingerprint density at radius 3 is 2.46 bits per heavy atom. The minimum atomic E-state index is -0.733. The van der Waals surface area contributed by atoms with Crippen LogP contribution in [-0.4, -0.2) is 73.2 Å². The van der Waals surface area contributed by atoms with E-state index in [1.807, 2.05) is 17.0 Å². The lowest BCUT2D eigenvalue weighted by Gasteiger charge is -2.27. The van der Waals surface area contributed by atoms with Crippen LogP contribution in [0.15, 0.2) is 12.1 Å². The molecular weight excluding hydrogens is 357 g/mol. The topological polar surface area (TPSA) is 53.5 Å². The number of fused-ring (bicyclic) bond motifs is 1. The first-order valence-corrected chi connectivity index (χ1v) is 11.0. The molecule has 0 radical (unpaired) electrons. The standard InChI is InChI=1S/C21H32FN5O/c22-18-3-6-27(14-18)21-2-1-20(24-25-21)23-19-9-16-12-26(13-17(16)10-19)11-15-4-7-28-8-5-15/h1-2,15-19H,3-14H2,(H,23,24)/t16-,17+,18-,19+/m1/s1. The van der Waals surface area contributed by atoms with Crippen molar-refractivity contribution in [1.82, 2.24) is 15.1 Å². The van der Waals surface area contributed by atoms with E-state index in [0.717, 1.165) is 49.1 Å². The fraction of sp³-hybridized carbons (Fsp3) is 0.810. The summed E-state index contributed by atoms with van der Waals surface area (Å²) < 4.78 is 18.9. The van der Waals surface area contributed by atoms with Gasteiger partial charge in [-0.1, -0.05) is 0 Å². The summed E-state index contributed by atoms with van der Waals surface area (Å²) in [6.45, 7) is 6.84. The minimum absolute atomic E-state index is 0.442. The van der Waals surface area contributed by atoms with Gasteiger partial charge in [-0.25, -0.2) is 4.39 Å². The second-order valence-corrected chi connectivity index (χ2v) is 9.22. The summed E-state index contributed by atoms with van der Waals surface area (Å²) >= 11 is 0. The van der Waals surface area contributed by atoms with E-state index >= 15 is 0 Å². The Labute approximate surface area is 166 Å². The summed E-state index contributed by atoms with van der Waals surface area (Å²) in [7, 11) is 0. The summed E-state index contributed by atoms with van der Waals surface area (Å²) in [5.74, 6) is 4.10. The molecule has 1 N–H and O–H groups in total. The van der Waals surface area contributed by atoms with Crippen LogP contribution in [-0.2, 0) is 4.74 Å². The molecule has 1 aromatic rings. The summed E-state index contributed by atoms with van der Waals surface area (Å²) in [5, 5.41) is 12.3. The molecule has 4 aliphatic rings. The first-order chi connectivity index (χ1) is 13.7. The first-order valence-electron chi connectivity index (χ1n) is 11.0. The Morgan fingerprint density at radius 2 is 1.82 bits per heavy atom. The lowest BCUT2D eigenvalue weighted by atomic mass is 10.00. The van der Waals surface area contributed by atoms with Gasteiger partial charge in [0.1, 0.15) is 12.0 Å². The molecule has 3 saturated heterocycles. The molecule has 6 nitrogen and oxygen atoms in total. The van der Waals surface area contributed by atoms with Crippen molar-refractivity contribution in [2.75, 3.05) is 56.2 Å². The maximum atomic E-state index is 13.4. The number of rotatable bonds is 5. The van der Waals surface area contributed by atoms with E-state index in [1.54, 1.807) is 0 Å². The average Bonchev–Trinajstić information content (AvgIpc) is 3.38. The van der Waals surface area contributed by atoms with Gasteiger partial charge < -0.3 is 19.9 Å². The lowest BCUT2D eigenvalue weighted by molar-refractivity contribution is 0.0545. The number of halogens is 1. The third-order valence-corrected chi connectivity index (χ3v) is 7.14. The highest BCUT2D eigenvalue weighted by molar-refractivity contribution is 5.45. The van der Waals surface area contributed by atoms with Crippen molar-refractivity contribution in [1.29, 1.82) is 0 Å². The number of hydrogen-bond acceptors (Lipinski definition) is 6. The molecule has 0 aromatic carbocycles. The van der Waals surface area contributed by atoms with Gasteiger partial charge in [0, 0.05) is 45.4 Å². The van der Waals surface area contributed by atoms with Gasteiger partial charge in [-0.15, -0.1) is 10.2 Å². The maximum absolute atomic E-state index is 13.4. The van der Waals surface area contributed by atoms with E-state index in [0.29, 0.717) is 19.0 Å². The molecular formula is C21H32FN5O. The molecule has 1 aliphatic carbocycles. The molecule has 4 fully saturated rings. The van der Waals surface area contributed by atoms with E-state index in [9.17, 15) is 4.39 Å². The third kappa shape index (κ3) is 4.10. The van der Waals surface area contributed by atoms with Gasteiger partial charge in [-0.2, -0.15) is 0 Å². The number of nitrogens with one attached hydrogen (secondary N) is 1.